The molecule has 3 rings (SSSR count). The fourth-order valence-electron chi connectivity index (χ4n) is 2.49. The van der Waals surface area contributed by atoms with E-state index in [0.29, 0.717) is 5.02 Å². The first-order chi connectivity index (χ1) is 14.7. The summed E-state index contributed by atoms with van der Waals surface area (Å²) in [6.45, 7) is 0. The van der Waals surface area contributed by atoms with Gasteiger partial charge >= 0.3 is 11.6 Å². The average molecular weight is 468 g/mol. The Balaban J connectivity index is 1.94. The van der Waals surface area contributed by atoms with Crippen molar-refractivity contribution in [3.05, 3.63) is 72.4 Å². The molecule has 0 atom stereocenters. The highest BCUT2D eigenvalue weighted by Crippen LogP contribution is 2.35. The number of benzene rings is 2. The smallest absolute Gasteiger partial charge is 0.362 e. The lowest BCUT2D eigenvalue weighted by atomic mass is 10.2. The number of aromatic amines is 1. The molecule has 0 aliphatic heterocycles. The number of methoxy groups -OCH3 is 1. The van der Waals surface area contributed by atoms with E-state index in [1.165, 1.54) is 24.3 Å². The molecule has 0 fully saturated rings. The molecule has 2 N–H and O–H groups in total. The molecule has 14 heteroatoms. The van der Waals surface area contributed by atoms with Gasteiger partial charge < -0.3 is 14.8 Å². The van der Waals surface area contributed by atoms with Crippen molar-refractivity contribution in [1.29, 1.82) is 0 Å². The van der Waals surface area contributed by atoms with Gasteiger partial charge in [-0.25, -0.2) is 0 Å². The molecule has 0 bridgehead atoms. The van der Waals surface area contributed by atoms with Gasteiger partial charge in [0.15, 0.2) is 0 Å². The van der Waals surface area contributed by atoms with E-state index in [4.69, 9.17) is 32.7 Å². The second-order valence-corrected chi connectivity index (χ2v) is 6.66. The van der Waals surface area contributed by atoms with E-state index < -0.39 is 38.7 Å². The number of nitro benzene ring substituents is 1. The number of amides is 1. The molecule has 0 saturated heterocycles. The molecular weight excluding hydrogens is 457 g/mol. The van der Waals surface area contributed by atoms with Crippen LogP contribution in [-0.4, -0.2) is 33.1 Å². The zero-order valence-corrected chi connectivity index (χ0v) is 16.9. The monoisotopic (exact) mass is 467 g/mol. The van der Waals surface area contributed by atoms with Crippen LogP contribution in [0.25, 0.3) is 0 Å². The summed E-state index contributed by atoms with van der Waals surface area (Å²) < 4.78 is 10.3. The van der Waals surface area contributed by atoms with Crippen molar-refractivity contribution >= 4 is 46.2 Å². The highest BCUT2D eigenvalue weighted by Gasteiger charge is 2.30. The van der Waals surface area contributed by atoms with Crippen LogP contribution in [0.5, 0.6) is 17.4 Å². The minimum absolute atomic E-state index is 0.0228. The summed E-state index contributed by atoms with van der Waals surface area (Å²) in [4.78, 5) is 33.5. The van der Waals surface area contributed by atoms with Gasteiger partial charge in [0, 0.05) is 17.2 Å². The van der Waals surface area contributed by atoms with Crippen molar-refractivity contribution in [3.63, 3.8) is 0 Å². The summed E-state index contributed by atoms with van der Waals surface area (Å²) >= 11 is 11.9. The summed E-state index contributed by atoms with van der Waals surface area (Å²) in [5.41, 5.74) is -1.66. The number of anilines is 1. The molecule has 0 spiro atoms. The quantitative estimate of drug-likeness (QED) is 0.376. The van der Waals surface area contributed by atoms with Crippen molar-refractivity contribution in [1.82, 2.24) is 10.2 Å². The number of carbonyl (C=O) groups is 1. The van der Waals surface area contributed by atoms with Crippen LogP contribution in [0.3, 0.4) is 0 Å². The van der Waals surface area contributed by atoms with E-state index in [1.807, 2.05) is 0 Å². The second-order valence-electron chi connectivity index (χ2n) is 5.82. The number of ether oxygens (including phenoxy) is 2. The Morgan fingerprint density at radius 3 is 2.48 bits per heavy atom. The number of halogens is 2. The summed E-state index contributed by atoms with van der Waals surface area (Å²) in [6, 6.07) is 7.82. The zero-order valence-electron chi connectivity index (χ0n) is 15.4. The number of hydrogen-bond acceptors (Lipinski definition) is 8. The normalized spacial score (nSPS) is 10.4. The standard InChI is InChI=1S/C17H11Cl2N5O7/c1-30-17-15(24(28)29)14(21-22-17)16(25)20-9-5-10(23(26)27)7-11(6-9)31-13-3-2-8(18)4-12(13)19/h2-7H,1H3,(H,20,25)(H,21,22). The highest BCUT2D eigenvalue weighted by atomic mass is 35.5. The van der Waals surface area contributed by atoms with Crippen LogP contribution < -0.4 is 14.8 Å². The third-order valence-electron chi connectivity index (χ3n) is 3.79. The maximum atomic E-state index is 12.5. The number of aromatic nitrogens is 2. The molecule has 12 nitrogen and oxygen atoms in total. The van der Waals surface area contributed by atoms with E-state index >= 15 is 0 Å². The first kappa shape index (κ1) is 21.8. The Labute approximate surface area is 183 Å². The maximum Gasteiger partial charge on any atom is 0.362 e. The van der Waals surface area contributed by atoms with E-state index in [9.17, 15) is 25.0 Å². The third kappa shape index (κ3) is 4.82. The Hall–Kier alpha value is -3.90. The lowest BCUT2D eigenvalue weighted by Crippen LogP contribution is -2.14. The van der Waals surface area contributed by atoms with Gasteiger partial charge in [-0.15, -0.1) is 5.10 Å². The lowest BCUT2D eigenvalue weighted by Gasteiger charge is -2.10. The Morgan fingerprint density at radius 1 is 1.13 bits per heavy atom. The Kier molecular flexibility index (Phi) is 6.22. The van der Waals surface area contributed by atoms with Crippen LogP contribution in [0.4, 0.5) is 17.1 Å². The molecule has 1 aromatic heterocycles. The lowest BCUT2D eigenvalue weighted by molar-refractivity contribution is -0.386. The Morgan fingerprint density at radius 2 is 1.87 bits per heavy atom. The van der Waals surface area contributed by atoms with Gasteiger partial charge in [0.05, 0.1) is 33.7 Å². The molecule has 1 amide bonds. The molecule has 0 aliphatic carbocycles. The molecule has 0 unspecified atom stereocenters. The summed E-state index contributed by atoms with van der Waals surface area (Å²) in [7, 11) is 1.15. The average Bonchev–Trinajstić information content (AvgIpc) is 3.14. The van der Waals surface area contributed by atoms with Gasteiger partial charge in [-0.05, 0) is 18.2 Å². The molecule has 31 heavy (non-hydrogen) atoms. The predicted octanol–water partition coefficient (Wildman–Crippen LogP) is 4.59. The Bertz CT molecular complexity index is 1200. The van der Waals surface area contributed by atoms with E-state index in [0.717, 1.165) is 19.2 Å². The molecule has 0 radical (unpaired) electrons. The molecular formula is C17H11Cl2N5O7. The van der Waals surface area contributed by atoms with Crippen LogP contribution in [0.2, 0.25) is 10.0 Å². The highest BCUT2D eigenvalue weighted by molar-refractivity contribution is 6.35. The van der Waals surface area contributed by atoms with Crippen molar-refractivity contribution in [3.8, 4) is 17.4 Å². The van der Waals surface area contributed by atoms with E-state index in [-0.39, 0.29) is 22.2 Å². The SMILES string of the molecule is COc1n[nH]c(C(=O)Nc2cc(Oc3ccc(Cl)cc3Cl)cc([N+](=O)[O-])c2)c1[N+](=O)[O-]. The number of nitrogens with one attached hydrogen (secondary N) is 2. The fraction of sp³-hybridized carbons (Fsp3) is 0.0588. The summed E-state index contributed by atoms with van der Waals surface area (Å²) in [5.74, 6) is -1.22. The van der Waals surface area contributed by atoms with Gasteiger partial charge in [0.25, 0.3) is 11.6 Å². The molecule has 160 valence electrons. The number of rotatable bonds is 7. The number of carbonyl (C=O) groups excluding carboxylic acids is 1. The topological polar surface area (TPSA) is 163 Å². The first-order valence-corrected chi connectivity index (χ1v) is 8.95. The number of hydrogen-bond donors (Lipinski definition) is 2. The number of non-ortho nitro benzene ring substituents is 1. The van der Waals surface area contributed by atoms with Crippen molar-refractivity contribution in [2.45, 2.75) is 0 Å². The van der Waals surface area contributed by atoms with Crippen LogP contribution in [0, 0.1) is 20.2 Å². The first-order valence-electron chi connectivity index (χ1n) is 8.20. The number of nitrogens with zero attached hydrogens (tertiary/aromatic N) is 3. The van der Waals surface area contributed by atoms with Crippen molar-refractivity contribution in [2.75, 3.05) is 12.4 Å². The van der Waals surface area contributed by atoms with Gasteiger partial charge in [-0.1, -0.05) is 23.2 Å². The van der Waals surface area contributed by atoms with Crippen LogP contribution in [-0.2, 0) is 0 Å². The van der Waals surface area contributed by atoms with Crippen molar-refractivity contribution < 1.29 is 24.1 Å². The molecule has 3 aromatic rings. The number of H-pyrrole nitrogens is 1. The van der Waals surface area contributed by atoms with E-state index in [1.54, 1.807) is 0 Å². The van der Waals surface area contributed by atoms with Gasteiger partial charge in [0.2, 0.25) is 5.69 Å². The molecule has 0 saturated carbocycles. The second kappa shape index (κ2) is 8.85. The van der Waals surface area contributed by atoms with Crippen LogP contribution in [0.1, 0.15) is 10.5 Å². The van der Waals surface area contributed by atoms with Crippen LogP contribution >= 0.6 is 23.2 Å². The molecule has 1 heterocycles. The minimum atomic E-state index is -0.974. The van der Waals surface area contributed by atoms with Gasteiger partial charge in [-0.3, -0.25) is 30.1 Å². The third-order valence-corrected chi connectivity index (χ3v) is 4.32. The van der Waals surface area contributed by atoms with Gasteiger partial charge in [0.1, 0.15) is 11.5 Å². The van der Waals surface area contributed by atoms with Gasteiger partial charge in [-0.2, -0.15) is 0 Å². The predicted molar refractivity (Wildman–Crippen MR) is 109 cm³/mol. The summed E-state index contributed by atoms with van der Waals surface area (Å²) in [6.07, 6.45) is 0. The molecule has 0 aliphatic rings. The molecule has 2 aromatic carbocycles. The summed E-state index contributed by atoms with van der Waals surface area (Å²) in [5, 5.41) is 31.1. The maximum absolute atomic E-state index is 12.5. The van der Waals surface area contributed by atoms with Crippen LogP contribution in [0.15, 0.2) is 36.4 Å². The zero-order chi connectivity index (χ0) is 22.7. The largest absolute Gasteiger partial charge is 0.475 e. The number of nitro groups is 2. The van der Waals surface area contributed by atoms with E-state index in [2.05, 4.69) is 15.5 Å². The fourth-order valence-corrected chi connectivity index (χ4v) is 2.93. The minimum Gasteiger partial charge on any atom is -0.475 e. The van der Waals surface area contributed by atoms with Crippen molar-refractivity contribution in [2.24, 2.45) is 0 Å².